The number of hydrogen-bond donors (Lipinski definition) is 1. The minimum Gasteiger partial charge on any atom is -0.372 e. The van der Waals surface area contributed by atoms with Crippen molar-refractivity contribution in [2.75, 3.05) is 23.3 Å². The maximum Gasteiger partial charge on any atom is 0.416 e. The minimum atomic E-state index is -4.36. The van der Waals surface area contributed by atoms with Crippen molar-refractivity contribution in [2.24, 2.45) is 0 Å². The summed E-state index contributed by atoms with van der Waals surface area (Å²) in [6.45, 7) is 2.20. The average molecular weight is 389 g/mol. The van der Waals surface area contributed by atoms with E-state index in [9.17, 15) is 13.2 Å². The van der Waals surface area contributed by atoms with Crippen LogP contribution in [0.4, 0.5) is 29.7 Å². The molecule has 0 saturated carbocycles. The van der Waals surface area contributed by atoms with Crippen LogP contribution in [0.2, 0.25) is 0 Å². The number of nitrogens with zero attached hydrogens (tertiary/aromatic N) is 2. The Morgan fingerprint density at radius 3 is 2.44 bits per heavy atom. The summed E-state index contributed by atoms with van der Waals surface area (Å²) >= 11 is 1.37. The van der Waals surface area contributed by atoms with Crippen molar-refractivity contribution >= 4 is 27.8 Å². The Balaban J connectivity index is 1.49. The van der Waals surface area contributed by atoms with Crippen LogP contribution >= 0.6 is 11.3 Å². The molecule has 1 aliphatic heterocycles. The lowest BCUT2D eigenvalue weighted by Crippen LogP contribution is -2.17. The molecule has 2 aromatic carbocycles. The van der Waals surface area contributed by atoms with Crippen molar-refractivity contribution in [1.29, 1.82) is 0 Å². The van der Waals surface area contributed by atoms with E-state index in [0.29, 0.717) is 10.8 Å². The van der Waals surface area contributed by atoms with Gasteiger partial charge in [-0.2, -0.15) is 13.2 Å². The average Bonchev–Trinajstić information content (AvgIpc) is 3.33. The summed E-state index contributed by atoms with van der Waals surface area (Å²) in [6.07, 6.45) is -1.89. The lowest BCUT2D eigenvalue weighted by molar-refractivity contribution is -0.137. The highest BCUT2D eigenvalue weighted by molar-refractivity contribution is 7.14. The van der Waals surface area contributed by atoms with Crippen LogP contribution in [0.15, 0.2) is 53.9 Å². The van der Waals surface area contributed by atoms with Crippen LogP contribution in [-0.2, 0) is 6.18 Å². The monoisotopic (exact) mass is 389 g/mol. The van der Waals surface area contributed by atoms with Crippen molar-refractivity contribution < 1.29 is 13.2 Å². The molecule has 7 heteroatoms. The van der Waals surface area contributed by atoms with E-state index in [1.165, 1.54) is 35.9 Å². The SMILES string of the molecule is FC(F)(F)c1cccc(Nc2nc(-c3ccc(N4CCCC4)cc3)cs2)c1. The van der Waals surface area contributed by atoms with Crippen molar-refractivity contribution in [1.82, 2.24) is 4.98 Å². The van der Waals surface area contributed by atoms with E-state index in [1.54, 1.807) is 6.07 Å². The number of rotatable bonds is 4. The second-order valence-corrected chi connectivity index (χ2v) is 7.34. The normalized spacial score (nSPS) is 14.6. The molecule has 0 bridgehead atoms. The highest BCUT2D eigenvalue weighted by atomic mass is 32.1. The van der Waals surface area contributed by atoms with Crippen LogP contribution in [0.25, 0.3) is 11.3 Å². The minimum absolute atomic E-state index is 0.370. The first-order valence-corrected chi connectivity index (χ1v) is 9.62. The maximum absolute atomic E-state index is 12.8. The van der Waals surface area contributed by atoms with Gasteiger partial charge < -0.3 is 10.2 Å². The third kappa shape index (κ3) is 4.08. The molecular weight excluding hydrogens is 371 g/mol. The zero-order valence-electron chi connectivity index (χ0n) is 14.5. The predicted octanol–water partition coefficient (Wildman–Crippen LogP) is 6.17. The molecule has 3 aromatic rings. The highest BCUT2D eigenvalue weighted by Gasteiger charge is 2.30. The zero-order chi connectivity index (χ0) is 18.9. The van der Waals surface area contributed by atoms with Gasteiger partial charge in [-0.3, -0.25) is 0 Å². The smallest absolute Gasteiger partial charge is 0.372 e. The Labute approximate surface area is 159 Å². The molecule has 0 atom stereocenters. The van der Waals surface area contributed by atoms with E-state index in [4.69, 9.17) is 0 Å². The summed E-state index contributed by atoms with van der Waals surface area (Å²) < 4.78 is 38.5. The summed E-state index contributed by atoms with van der Waals surface area (Å²) in [5.41, 5.74) is 2.71. The van der Waals surface area contributed by atoms with Crippen molar-refractivity contribution in [3.63, 3.8) is 0 Å². The van der Waals surface area contributed by atoms with Crippen molar-refractivity contribution in [2.45, 2.75) is 19.0 Å². The molecule has 1 fully saturated rings. The summed E-state index contributed by atoms with van der Waals surface area (Å²) in [4.78, 5) is 6.87. The Morgan fingerprint density at radius 1 is 1.00 bits per heavy atom. The van der Waals surface area contributed by atoms with Crippen molar-refractivity contribution in [3.8, 4) is 11.3 Å². The zero-order valence-corrected chi connectivity index (χ0v) is 15.3. The Hall–Kier alpha value is -2.54. The molecule has 27 heavy (non-hydrogen) atoms. The van der Waals surface area contributed by atoms with Gasteiger partial charge in [-0.1, -0.05) is 18.2 Å². The van der Waals surface area contributed by atoms with E-state index < -0.39 is 11.7 Å². The topological polar surface area (TPSA) is 28.2 Å². The summed E-state index contributed by atoms with van der Waals surface area (Å²) in [6, 6.07) is 13.4. The van der Waals surface area contributed by atoms with Gasteiger partial charge in [0.1, 0.15) is 0 Å². The maximum atomic E-state index is 12.8. The standard InChI is InChI=1S/C20H18F3N3S/c21-20(22,23)15-4-3-5-16(12-15)24-19-25-18(13-27-19)14-6-8-17(9-7-14)26-10-1-2-11-26/h3-9,12-13H,1-2,10-11H2,(H,24,25). The first-order chi connectivity index (χ1) is 13.0. The molecule has 4 rings (SSSR count). The lowest BCUT2D eigenvalue weighted by atomic mass is 10.1. The Kier molecular flexibility index (Phi) is 4.78. The van der Waals surface area contributed by atoms with Crippen molar-refractivity contribution in [3.05, 3.63) is 59.5 Å². The number of alkyl halides is 3. The first-order valence-electron chi connectivity index (χ1n) is 8.74. The number of thiazole rings is 1. The fraction of sp³-hybridized carbons (Fsp3) is 0.250. The third-order valence-corrected chi connectivity index (χ3v) is 5.34. The molecule has 1 aliphatic rings. The fourth-order valence-electron chi connectivity index (χ4n) is 3.18. The molecule has 1 N–H and O–H groups in total. The van der Waals surface area contributed by atoms with Crippen LogP contribution in [0.3, 0.4) is 0 Å². The number of benzene rings is 2. The van der Waals surface area contributed by atoms with Crippen LogP contribution in [-0.4, -0.2) is 18.1 Å². The van der Waals surface area contributed by atoms with Gasteiger partial charge >= 0.3 is 6.18 Å². The summed E-state index contributed by atoms with van der Waals surface area (Å²) in [5.74, 6) is 0. The second-order valence-electron chi connectivity index (χ2n) is 6.48. The van der Waals surface area contributed by atoms with Gasteiger partial charge in [0, 0.05) is 35.4 Å². The van der Waals surface area contributed by atoms with E-state index >= 15 is 0 Å². The lowest BCUT2D eigenvalue weighted by Gasteiger charge is -2.17. The first kappa shape index (κ1) is 17.9. The van der Waals surface area contributed by atoms with Crippen LogP contribution in [0.1, 0.15) is 18.4 Å². The Bertz CT molecular complexity index is 913. The number of hydrogen-bond acceptors (Lipinski definition) is 4. The second kappa shape index (κ2) is 7.23. The molecule has 0 amide bonds. The van der Waals surface area contributed by atoms with Gasteiger partial charge in [-0.25, -0.2) is 4.98 Å². The molecule has 1 saturated heterocycles. The molecule has 0 unspecified atom stereocenters. The number of nitrogens with one attached hydrogen (secondary N) is 1. The fourth-order valence-corrected chi connectivity index (χ4v) is 3.92. The van der Waals surface area contributed by atoms with Gasteiger partial charge in [-0.15, -0.1) is 11.3 Å². The summed E-state index contributed by atoms with van der Waals surface area (Å²) in [5, 5.41) is 5.43. The largest absolute Gasteiger partial charge is 0.416 e. The predicted molar refractivity (Wildman–Crippen MR) is 104 cm³/mol. The molecule has 1 aromatic heterocycles. The van der Waals surface area contributed by atoms with Crippen LogP contribution in [0, 0.1) is 0 Å². The third-order valence-electron chi connectivity index (χ3n) is 4.58. The number of aromatic nitrogens is 1. The van der Waals surface area contributed by atoms with Crippen LogP contribution in [0.5, 0.6) is 0 Å². The van der Waals surface area contributed by atoms with E-state index in [1.807, 2.05) is 17.5 Å². The molecule has 0 spiro atoms. The number of anilines is 3. The van der Waals surface area contributed by atoms with Gasteiger partial charge in [0.2, 0.25) is 0 Å². The highest BCUT2D eigenvalue weighted by Crippen LogP contribution is 2.33. The van der Waals surface area contributed by atoms with Gasteiger partial charge in [0.15, 0.2) is 5.13 Å². The van der Waals surface area contributed by atoms with E-state index in [0.717, 1.165) is 36.5 Å². The molecule has 140 valence electrons. The van der Waals surface area contributed by atoms with Crippen LogP contribution < -0.4 is 10.2 Å². The Morgan fingerprint density at radius 2 is 1.74 bits per heavy atom. The molecular formula is C20H18F3N3S. The molecule has 0 aliphatic carbocycles. The molecule has 0 radical (unpaired) electrons. The van der Waals surface area contributed by atoms with E-state index in [-0.39, 0.29) is 0 Å². The quantitative estimate of drug-likeness (QED) is 0.578. The van der Waals surface area contributed by atoms with Gasteiger partial charge in [0.05, 0.1) is 11.3 Å². The van der Waals surface area contributed by atoms with E-state index in [2.05, 4.69) is 27.3 Å². The molecule has 2 heterocycles. The molecule has 3 nitrogen and oxygen atoms in total. The summed E-state index contributed by atoms with van der Waals surface area (Å²) in [7, 11) is 0. The number of halogens is 3. The van der Waals surface area contributed by atoms with Gasteiger partial charge in [0.25, 0.3) is 0 Å². The van der Waals surface area contributed by atoms with Gasteiger partial charge in [-0.05, 0) is 43.2 Å².